The molecule has 0 spiro atoms. The van der Waals surface area contributed by atoms with Gasteiger partial charge in [0.15, 0.2) is 0 Å². The van der Waals surface area contributed by atoms with Crippen molar-refractivity contribution in [3.8, 4) is 11.3 Å². The van der Waals surface area contributed by atoms with Crippen LogP contribution in [0.2, 0.25) is 0 Å². The molecule has 122 valence electrons. The highest BCUT2D eigenvalue weighted by molar-refractivity contribution is 5.93. The van der Waals surface area contributed by atoms with Crippen LogP contribution in [0.4, 0.5) is 5.69 Å². The first-order valence-corrected chi connectivity index (χ1v) is 8.11. The summed E-state index contributed by atoms with van der Waals surface area (Å²) in [4.78, 5) is 14.6. The van der Waals surface area contributed by atoms with Crippen LogP contribution in [0.5, 0.6) is 0 Å². The molecule has 1 heterocycles. The lowest BCUT2D eigenvalue weighted by molar-refractivity contribution is -0.119. The Labute approximate surface area is 142 Å². The molecule has 3 aromatic rings. The van der Waals surface area contributed by atoms with Gasteiger partial charge >= 0.3 is 0 Å². The fourth-order valence-corrected chi connectivity index (χ4v) is 2.75. The summed E-state index contributed by atoms with van der Waals surface area (Å²) >= 11 is 0. The van der Waals surface area contributed by atoms with Crippen molar-refractivity contribution in [2.75, 3.05) is 4.90 Å². The number of hydrogen-bond donors (Lipinski definition) is 0. The van der Waals surface area contributed by atoms with E-state index in [1.54, 1.807) is 4.68 Å². The average molecular weight is 319 g/mol. The number of para-hydroxylation sites is 1. The third kappa shape index (κ3) is 3.54. The van der Waals surface area contributed by atoms with Crippen molar-refractivity contribution in [2.45, 2.75) is 26.4 Å². The quantitative estimate of drug-likeness (QED) is 0.713. The number of aromatic nitrogens is 2. The molecule has 0 aliphatic carbocycles. The van der Waals surface area contributed by atoms with Crippen LogP contribution >= 0.6 is 0 Å². The van der Waals surface area contributed by atoms with Gasteiger partial charge in [-0.25, -0.2) is 0 Å². The molecule has 0 atom stereocenters. The van der Waals surface area contributed by atoms with Crippen molar-refractivity contribution in [3.05, 3.63) is 72.9 Å². The van der Waals surface area contributed by atoms with E-state index in [9.17, 15) is 4.79 Å². The number of anilines is 1. The Morgan fingerprint density at radius 1 is 1.00 bits per heavy atom. The molecule has 0 radical (unpaired) electrons. The molecular formula is C20H21N3O. The van der Waals surface area contributed by atoms with Crippen LogP contribution in [0.25, 0.3) is 11.3 Å². The Morgan fingerprint density at radius 2 is 1.62 bits per heavy atom. The highest BCUT2D eigenvalue weighted by Gasteiger charge is 2.19. The molecule has 24 heavy (non-hydrogen) atoms. The predicted octanol–water partition coefficient (Wildman–Crippen LogP) is 3.99. The van der Waals surface area contributed by atoms with Crippen LogP contribution in [0.3, 0.4) is 0 Å². The van der Waals surface area contributed by atoms with E-state index in [2.05, 4.69) is 5.10 Å². The highest BCUT2D eigenvalue weighted by Crippen LogP contribution is 2.18. The first-order valence-electron chi connectivity index (χ1n) is 8.11. The van der Waals surface area contributed by atoms with Gasteiger partial charge in [-0.15, -0.1) is 0 Å². The molecule has 2 aromatic carbocycles. The molecule has 0 aliphatic rings. The van der Waals surface area contributed by atoms with Crippen molar-refractivity contribution in [1.82, 2.24) is 9.78 Å². The Hall–Kier alpha value is -2.88. The van der Waals surface area contributed by atoms with Crippen molar-refractivity contribution in [1.29, 1.82) is 0 Å². The van der Waals surface area contributed by atoms with Gasteiger partial charge in [0.05, 0.1) is 5.69 Å². The topological polar surface area (TPSA) is 38.1 Å². The van der Waals surface area contributed by atoms with Crippen molar-refractivity contribution >= 4 is 11.6 Å². The summed E-state index contributed by atoms with van der Waals surface area (Å²) in [5.41, 5.74) is 2.83. The van der Waals surface area contributed by atoms with Crippen molar-refractivity contribution in [2.24, 2.45) is 0 Å². The number of benzene rings is 2. The van der Waals surface area contributed by atoms with Crippen LogP contribution in [-0.4, -0.2) is 21.7 Å². The highest BCUT2D eigenvalue weighted by atomic mass is 16.2. The summed E-state index contributed by atoms with van der Waals surface area (Å²) in [5.74, 6) is 0.0268. The standard InChI is InChI=1S/C20H21N3O/c1-16(2)23(18-11-7-4-8-12-18)20(24)15-22-14-13-19(21-22)17-9-5-3-6-10-17/h3-14,16H,15H2,1-2H3. The molecule has 0 N–H and O–H groups in total. The minimum atomic E-state index is 0.0268. The fourth-order valence-electron chi connectivity index (χ4n) is 2.75. The van der Waals surface area contributed by atoms with Gasteiger partial charge in [-0.1, -0.05) is 48.5 Å². The predicted molar refractivity (Wildman–Crippen MR) is 96.7 cm³/mol. The maximum atomic E-state index is 12.8. The molecule has 0 fully saturated rings. The second-order valence-corrected chi connectivity index (χ2v) is 5.96. The van der Waals surface area contributed by atoms with Crippen LogP contribution < -0.4 is 4.90 Å². The van der Waals surface area contributed by atoms with E-state index in [4.69, 9.17) is 0 Å². The zero-order chi connectivity index (χ0) is 16.9. The van der Waals surface area contributed by atoms with Crippen LogP contribution in [-0.2, 0) is 11.3 Å². The summed E-state index contributed by atoms with van der Waals surface area (Å²) in [6.07, 6.45) is 1.85. The van der Waals surface area contributed by atoms with Crippen molar-refractivity contribution < 1.29 is 4.79 Å². The van der Waals surface area contributed by atoms with Crippen LogP contribution in [0, 0.1) is 0 Å². The number of carbonyl (C=O) groups excluding carboxylic acids is 1. The SMILES string of the molecule is CC(C)N(C(=O)Cn1ccc(-c2ccccc2)n1)c1ccccc1. The Kier molecular flexibility index (Phi) is 4.75. The number of rotatable bonds is 5. The third-order valence-electron chi connectivity index (χ3n) is 3.83. The first kappa shape index (κ1) is 16.0. The van der Waals surface area contributed by atoms with Gasteiger partial charge in [-0.2, -0.15) is 5.10 Å². The molecule has 1 amide bonds. The van der Waals surface area contributed by atoms with E-state index in [0.29, 0.717) is 0 Å². The third-order valence-corrected chi connectivity index (χ3v) is 3.83. The van der Waals surface area contributed by atoms with E-state index in [-0.39, 0.29) is 18.5 Å². The molecule has 0 aliphatic heterocycles. The summed E-state index contributed by atoms with van der Waals surface area (Å²) < 4.78 is 1.70. The van der Waals surface area contributed by atoms with Gasteiger partial charge in [-0.05, 0) is 32.0 Å². The molecule has 4 nitrogen and oxygen atoms in total. The zero-order valence-electron chi connectivity index (χ0n) is 14.0. The molecule has 0 unspecified atom stereocenters. The zero-order valence-corrected chi connectivity index (χ0v) is 14.0. The van der Waals surface area contributed by atoms with Gasteiger partial charge in [0.2, 0.25) is 5.91 Å². The number of amides is 1. The Balaban J connectivity index is 1.78. The van der Waals surface area contributed by atoms with Crippen LogP contribution in [0.1, 0.15) is 13.8 Å². The number of hydrogen-bond acceptors (Lipinski definition) is 2. The summed E-state index contributed by atoms with van der Waals surface area (Å²) in [6, 6.07) is 21.7. The summed E-state index contributed by atoms with van der Waals surface area (Å²) in [7, 11) is 0. The van der Waals surface area contributed by atoms with E-state index < -0.39 is 0 Å². The second-order valence-electron chi connectivity index (χ2n) is 5.96. The minimum Gasteiger partial charge on any atom is -0.308 e. The van der Waals surface area contributed by atoms with Gasteiger partial charge < -0.3 is 4.90 Å². The molecule has 3 rings (SSSR count). The fraction of sp³-hybridized carbons (Fsp3) is 0.200. The van der Waals surface area contributed by atoms with E-state index in [0.717, 1.165) is 16.9 Å². The maximum absolute atomic E-state index is 12.8. The monoisotopic (exact) mass is 319 g/mol. The van der Waals surface area contributed by atoms with Crippen molar-refractivity contribution in [3.63, 3.8) is 0 Å². The summed E-state index contributed by atoms with van der Waals surface area (Å²) in [5, 5.41) is 4.53. The van der Waals surface area contributed by atoms with Gasteiger partial charge in [0.1, 0.15) is 6.54 Å². The molecule has 1 aromatic heterocycles. The lowest BCUT2D eigenvalue weighted by Crippen LogP contribution is -2.39. The Bertz CT molecular complexity index is 794. The molecular weight excluding hydrogens is 298 g/mol. The number of nitrogens with zero attached hydrogens (tertiary/aromatic N) is 3. The number of carbonyl (C=O) groups is 1. The Morgan fingerprint density at radius 3 is 2.25 bits per heavy atom. The largest absolute Gasteiger partial charge is 0.308 e. The molecule has 4 heteroatoms. The van der Waals surface area contributed by atoms with Gasteiger partial charge in [0.25, 0.3) is 0 Å². The molecule has 0 saturated carbocycles. The lowest BCUT2D eigenvalue weighted by atomic mass is 10.2. The van der Waals surface area contributed by atoms with E-state index in [1.165, 1.54) is 0 Å². The summed E-state index contributed by atoms with van der Waals surface area (Å²) in [6.45, 7) is 4.26. The smallest absolute Gasteiger partial charge is 0.248 e. The minimum absolute atomic E-state index is 0.0268. The first-order chi connectivity index (χ1) is 11.6. The lowest BCUT2D eigenvalue weighted by Gasteiger charge is -2.26. The molecule has 0 bridgehead atoms. The maximum Gasteiger partial charge on any atom is 0.248 e. The van der Waals surface area contributed by atoms with Gasteiger partial charge in [-0.3, -0.25) is 9.48 Å². The average Bonchev–Trinajstić information content (AvgIpc) is 3.05. The normalized spacial score (nSPS) is 10.8. The second kappa shape index (κ2) is 7.13. The van der Waals surface area contributed by atoms with Crippen LogP contribution in [0.15, 0.2) is 72.9 Å². The van der Waals surface area contributed by atoms with Gasteiger partial charge in [0, 0.05) is 23.5 Å². The van der Waals surface area contributed by atoms with E-state index in [1.807, 2.05) is 91.7 Å². The molecule has 0 saturated heterocycles. The van der Waals surface area contributed by atoms with E-state index >= 15 is 0 Å².